The first kappa shape index (κ1) is 14.0. The van der Waals surface area contributed by atoms with Gasteiger partial charge in [0, 0.05) is 4.90 Å². The van der Waals surface area contributed by atoms with Crippen molar-refractivity contribution in [3.63, 3.8) is 0 Å². The molecule has 1 fully saturated rings. The Kier molecular flexibility index (Phi) is 5.13. The van der Waals surface area contributed by atoms with E-state index in [0.717, 1.165) is 12.2 Å². The Balaban J connectivity index is 1.94. The van der Waals surface area contributed by atoms with Crippen molar-refractivity contribution in [3.8, 4) is 0 Å². The molecule has 0 bridgehead atoms. The molecule has 1 aliphatic rings. The lowest BCUT2D eigenvalue weighted by molar-refractivity contribution is 0.349. The summed E-state index contributed by atoms with van der Waals surface area (Å²) >= 11 is 1.91. The minimum Gasteiger partial charge on any atom is -0.370 e. The van der Waals surface area contributed by atoms with E-state index < -0.39 is 0 Å². The lowest BCUT2D eigenvalue weighted by Crippen LogP contribution is -2.03. The van der Waals surface area contributed by atoms with E-state index in [-0.39, 0.29) is 0 Å². The van der Waals surface area contributed by atoms with Crippen molar-refractivity contribution in [2.45, 2.75) is 63.1 Å². The van der Waals surface area contributed by atoms with Crippen LogP contribution in [-0.4, -0.2) is 18.0 Å². The van der Waals surface area contributed by atoms with Gasteiger partial charge in [-0.1, -0.05) is 32.9 Å². The summed E-state index contributed by atoms with van der Waals surface area (Å²) in [6, 6.07) is 9.12. The second kappa shape index (κ2) is 6.63. The maximum Gasteiger partial charge on any atom is 0.0847 e. The second-order valence-electron chi connectivity index (χ2n) is 4.96. The highest BCUT2D eigenvalue weighted by atomic mass is 32.2. The smallest absolute Gasteiger partial charge is 0.0847 e. The zero-order valence-corrected chi connectivity index (χ0v) is 12.5. The molecule has 1 nitrogen and oxygen atoms in total. The molecule has 1 saturated heterocycles. The molecular weight excluding hydrogens is 240 g/mol. The van der Waals surface area contributed by atoms with Crippen LogP contribution in [0.2, 0.25) is 0 Å². The SMILES string of the molecule is CCSc1ccc(C(CC)CC2OC2CC)cc1. The number of hydrogen-bond acceptors (Lipinski definition) is 2. The lowest BCUT2D eigenvalue weighted by Gasteiger charge is -2.14. The fourth-order valence-corrected chi connectivity index (χ4v) is 3.23. The van der Waals surface area contributed by atoms with E-state index in [4.69, 9.17) is 4.74 Å². The van der Waals surface area contributed by atoms with Gasteiger partial charge in [-0.3, -0.25) is 0 Å². The molecule has 0 aliphatic carbocycles. The summed E-state index contributed by atoms with van der Waals surface area (Å²) in [6.45, 7) is 6.69. The highest BCUT2D eigenvalue weighted by Crippen LogP contribution is 2.36. The van der Waals surface area contributed by atoms with Crippen molar-refractivity contribution in [3.05, 3.63) is 29.8 Å². The molecule has 100 valence electrons. The Labute approximate surface area is 115 Å². The van der Waals surface area contributed by atoms with Crippen LogP contribution in [0.1, 0.15) is 51.5 Å². The topological polar surface area (TPSA) is 12.5 Å². The molecule has 2 rings (SSSR count). The molecule has 2 heteroatoms. The molecule has 1 aromatic rings. The standard InChI is InChI=1S/C16H24OS/c1-4-12(11-16-15(5-2)17-16)13-7-9-14(10-8-13)18-6-3/h7-10,12,15-16H,4-6,11H2,1-3H3. The first-order valence-corrected chi connectivity index (χ1v) is 8.15. The maximum atomic E-state index is 5.68. The normalized spacial score (nSPS) is 23.9. The Bertz CT molecular complexity index is 360. The van der Waals surface area contributed by atoms with Crippen molar-refractivity contribution in [2.75, 3.05) is 5.75 Å². The summed E-state index contributed by atoms with van der Waals surface area (Å²) in [4.78, 5) is 1.38. The molecule has 1 aromatic carbocycles. The van der Waals surface area contributed by atoms with E-state index in [1.165, 1.54) is 23.3 Å². The van der Waals surface area contributed by atoms with Gasteiger partial charge in [-0.2, -0.15) is 0 Å². The average molecular weight is 264 g/mol. The zero-order valence-electron chi connectivity index (χ0n) is 11.7. The number of benzene rings is 1. The minimum absolute atomic E-state index is 0.518. The Hall–Kier alpha value is -0.470. The van der Waals surface area contributed by atoms with Crippen molar-refractivity contribution in [1.29, 1.82) is 0 Å². The van der Waals surface area contributed by atoms with Gasteiger partial charge in [-0.25, -0.2) is 0 Å². The zero-order chi connectivity index (χ0) is 13.0. The van der Waals surface area contributed by atoms with Gasteiger partial charge in [0.15, 0.2) is 0 Å². The van der Waals surface area contributed by atoms with E-state index in [1.807, 2.05) is 11.8 Å². The van der Waals surface area contributed by atoms with E-state index in [9.17, 15) is 0 Å². The molecule has 3 atom stereocenters. The van der Waals surface area contributed by atoms with Crippen molar-refractivity contribution >= 4 is 11.8 Å². The fourth-order valence-electron chi connectivity index (χ4n) is 2.57. The highest BCUT2D eigenvalue weighted by molar-refractivity contribution is 7.99. The van der Waals surface area contributed by atoms with Gasteiger partial charge < -0.3 is 4.74 Å². The van der Waals surface area contributed by atoms with Crippen LogP contribution in [0.5, 0.6) is 0 Å². The largest absolute Gasteiger partial charge is 0.370 e. The minimum atomic E-state index is 0.518. The summed E-state index contributed by atoms with van der Waals surface area (Å²) in [6.07, 6.45) is 4.61. The fraction of sp³-hybridized carbons (Fsp3) is 0.625. The number of thioether (sulfide) groups is 1. The number of hydrogen-bond donors (Lipinski definition) is 0. The monoisotopic (exact) mass is 264 g/mol. The lowest BCUT2D eigenvalue weighted by atomic mass is 9.91. The van der Waals surface area contributed by atoms with Crippen molar-refractivity contribution in [1.82, 2.24) is 0 Å². The highest BCUT2D eigenvalue weighted by Gasteiger charge is 2.38. The average Bonchev–Trinajstić information content (AvgIpc) is 3.16. The number of ether oxygens (including phenoxy) is 1. The summed E-state index contributed by atoms with van der Waals surface area (Å²) in [5, 5.41) is 0. The van der Waals surface area contributed by atoms with E-state index in [0.29, 0.717) is 18.1 Å². The molecule has 1 heterocycles. The molecule has 0 spiro atoms. The predicted molar refractivity (Wildman–Crippen MR) is 79.4 cm³/mol. The third-order valence-corrected chi connectivity index (χ3v) is 4.66. The third kappa shape index (κ3) is 3.52. The molecule has 18 heavy (non-hydrogen) atoms. The van der Waals surface area contributed by atoms with Crippen molar-refractivity contribution < 1.29 is 4.74 Å². The predicted octanol–water partition coefficient (Wildman–Crippen LogP) is 4.86. The van der Waals surface area contributed by atoms with Crippen LogP contribution in [0.15, 0.2) is 29.2 Å². The molecule has 0 saturated carbocycles. The van der Waals surface area contributed by atoms with Crippen LogP contribution in [0.4, 0.5) is 0 Å². The van der Waals surface area contributed by atoms with Crippen LogP contribution in [0.25, 0.3) is 0 Å². The van der Waals surface area contributed by atoms with Gasteiger partial charge in [0.25, 0.3) is 0 Å². The van der Waals surface area contributed by atoms with Gasteiger partial charge >= 0.3 is 0 Å². The van der Waals surface area contributed by atoms with Crippen LogP contribution < -0.4 is 0 Å². The van der Waals surface area contributed by atoms with Gasteiger partial charge in [-0.15, -0.1) is 11.8 Å². The van der Waals surface area contributed by atoms with Crippen LogP contribution in [0.3, 0.4) is 0 Å². The van der Waals surface area contributed by atoms with E-state index in [2.05, 4.69) is 45.0 Å². The Morgan fingerprint density at radius 3 is 2.33 bits per heavy atom. The molecule has 0 N–H and O–H groups in total. The van der Waals surface area contributed by atoms with Crippen LogP contribution in [0, 0.1) is 0 Å². The Morgan fingerprint density at radius 1 is 1.11 bits per heavy atom. The summed E-state index contributed by atoms with van der Waals surface area (Å²) in [7, 11) is 0. The van der Waals surface area contributed by atoms with Gasteiger partial charge in [-0.05, 0) is 48.6 Å². The summed E-state index contributed by atoms with van der Waals surface area (Å²) in [5.41, 5.74) is 1.48. The number of rotatable bonds is 7. The Morgan fingerprint density at radius 2 is 1.83 bits per heavy atom. The van der Waals surface area contributed by atoms with Gasteiger partial charge in [0.2, 0.25) is 0 Å². The van der Waals surface area contributed by atoms with Gasteiger partial charge in [0.05, 0.1) is 12.2 Å². The molecule has 0 amide bonds. The van der Waals surface area contributed by atoms with E-state index >= 15 is 0 Å². The quantitative estimate of drug-likeness (QED) is 0.515. The molecule has 0 radical (unpaired) electrons. The second-order valence-corrected chi connectivity index (χ2v) is 6.30. The van der Waals surface area contributed by atoms with Gasteiger partial charge in [0.1, 0.15) is 0 Å². The molecule has 1 aliphatic heterocycles. The first-order valence-electron chi connectivity index (χ1n) is 7.16. The van der Waals surface area contributed by atoms with Crippen molar-refractivity contribution in [2.24, 2.45) is 0 Å². The maximum absolute atomic E-state index is 5.68. The summed E-state index contributed by atoms with van der Waals surface area (Å²) < 4.78 is 5.68. The van der Waals surface area contributed by atoms with Crippen LogP contribution in [-0.2, 0) is 4.74 Å². The van der Waals surface area contributed by atoms with E-state index in [1.54, 1.807) is 0 Å². The van der Waals surface area contributed by atoms with Crippen LogP contribution >= 0.6 is 11.8 Å². The first-order chi connectivity index (χ1) is 8.78. The summed E-state index contributed by atoms with van der Waals surface area (Å²) in [5.74, 6) is 1.80. The number of epoxide rings is 1. The third-order valence-electron chi connectivity index (χ3n) is 3.76. The molecule has 3 unspecified atom stereocenters. The molecule has 0 aromatic heterocycles. The molecular formula is C16H24OS.